The van der Waals surface area contributed by atoms with Gasteiger partial charge in [-0.1, -0.05) is 0 Å². The van der Waals surface area contributed by atoms with Gasteiger partial charge in [0.25, 0.3) is 0 Å². The lowest BCUT2D eigenvalue weighted by atomic mass is 10.3. The minimum absolute atomic E-state index is 0.160. The van der Waals surface area contributed by atoms with Crippen molar-refractivity contribution in [3.8, 4) is 0 Å². The number of carbonyl (C=O) groups is 1. The van der Waals surface area contributed by atoms with Gasteiger partial charge in [0.1, 0.15) is 0 Å². The molecule has 2 aromatic heterocycles. The third-order valence-electron chi connectivity index (χ3n) is 1.73. The predicted octanol–water partition coefficient (Wildman–Crippen LogP) is 2.38. The van der Waals surface area contributed by atoms with E-state index in [4.69, 9.17) is 4.42 Å². The Morgan fingerprint density at radius 1 is 1.57 bits per heavy atom. The second kappa shape index (κ2) is 3.42. The molecule has 0 atom stereocenters. The van der Waals surface area contributed by atoms with Crippen LogP contribution >= 0.6 is 15.9 Å². The molecule has 0 fully saturated rings. The van der Waals surface area contributed by atoms with Gasteiger partial charge in [-0.25, -0.2) is 9.78 Å². The highest BCUT2D eigenvalue weighted by Crippen LogP contribution is 2.21. The summed E-state index contributed by atoms with van der Waals surface area (Å²) in [5.41, 5.74) is 0.425. The average Bonchev–Trinajstić information content (AvgIpc) is 2.59. The zero-order valence-corrected chi connectivity index (χ0v) is 8.87. The Balaban J connectivity index is 2.56. The number of nitrogens with zero attached hydrogens (tertiary/aromatic N) is 1. The molecule has 0 aliphatic heterocycles. The molecule has 2 aromatic rings. The number of carbonyl (C=O) groups excluding carboxylic acids is 1. The van der Waals surface area contributed by atoms with Gasteiger partial charge in [-0.15, -0.1) is 0 Å². The van der Waals surface area contributed by atoms with Gasteiger partial charge in [0.2, 0.25) is 11.5 Å². The van der Waals surface area contributed by atoms with E-state index in [9.17, 15) is 4.79 Å². The molecule has 0 amide bonds. The third-order valence-corrected chi connectivity index (χ3v) is 2.16. The molecule has 0 N–H and O–H groups in total. The fourth-order valence-corrected chi connectivity index (χ4v) is 1.46. The highest BCUT2D eigenvalue weighted by molar-refractivity contribution is 9.10. The van der Waals surface area contributed by atoms with Gasteiger partial charge in [-0.2, -0.15) is 0 Å². The van der Waals surface area contributed by atoms with Gasteiger partial charge in [0.15, 0.2) is 0 Å². The number of rotatable bonds is 1. The first-order valence-corrected chi connectivity index (χ1v) is 4.63. The Hall–Kier alpha value is -1.36. The normalized spacial score (nSPS) is 10.4. The van der Waals surface area contributed by atoms with Gasteiger partial charge >= 0.3 is 5.97 Å². The molecular weight excluding hydrogens is 250 g/mol. The number of methoxy groups -OCH3 is 1. The maximum atomic E-state index is 11.1. The van der Waals surface area contributed by atoms with Gasteiger partial charge in [-0.05, 0) is 22.0 Å². The molecule has 2 rings (SSSR count). The maximum absolute atomic E-state index is 11.1. The Labute approximate surface area is 88.0 Å². The van der Waals surface area contributed by atoms with Crippen molar-refractivity contribution in [3.63, 3.8) is 0 Å². The van der Waals surface area contributed by atoms with Crippen LogP contribution in [-0.2, 0) is 4.74 Å². The van der Waals surface area contributed by atoms with Crippen molar-refractivity contribution < 1.29 is 13.9 Å². The minimum atomic E-state index is -0.501. The number of pyridine rings is 1. The number of hydrogen-bond donors (Lipinski definition) is 0. The molecule has 0 radical (unpaired) electrons. The first-order valence-electron chi connectivity index (χ1n) is 3.84. The van der Waals surface area contributed by atoms with Crippen molar-refractivity contribution in [1.29, 1.82) is 0 Å². The molecule has 5 heteroatoms. The predicted molar refractivity (Wildman–Crippen MR) is 53.0 cm³/mol. The van der Waals surface area contributed by atoms with Gasteiger partial charge in [-0.3, -0.25) is 0 Å². The van der Waals surface area contributed by atoms with Crippen LogP contribution in [0.2, 0.25) is 0 Å². The molecular formula is C9H6BrNO3. The topological polar surface area (TPSA) is 52.3 Å². The number of halogens is 1. The summed E-state index contributed by atoms with van der Waals surface area (Å²) >= 11 is 3.28. The third kappa shape index (κ3) is 1.50. The molecule has 0 unspecified atom stereocenters. The number of furan rings is 1. The molecule has 2 heterocycles. The van der Waals surface area contributed by atoms with Crippen LogP contribution in [0.5, 0.6) is 0 Å². The molecule has 0 aliphatic rings. The summed E-state index contributed by atoms with van der Waals surface area (Å²) in [4.78, 5) is 15.1. The zero-order chi connectivity index (χ0) is 10.1. The van der Waals surface area contributed by atoms with Crippen LogP contribution < -0.4 is 0 Å². The first kappa shape index (κ1) is 9.21. The van der Waals surface area contributed by atoms with Gasteiger partial charge in [0, 0.05) is 22.1 Å². The standard InChI is InChI=1S/C9H6BrNO3/c1-13-9(12)7-3-5-2-6(10)4-11-8(5)14-7/h2-4H,1H3. The molecule has 0 spiro atoms. The number of hydrogen-bond acceptors (Lipinski definition) is 4. The molecule has 4 nitrogen and oxygen atoms in total. The highest BCUT2D eigenvalue weighted by atomic mass is 79.9. The van der Waals surface area contributed by atoms with Crippen molar-refractivity contribution in [3.05, 3.63) is 28.6 Å². The largest absolute Gasteiger partial charge is 0.463 e. The number of aromatic nitrogens is 1. The Bertz CT molecular complexity index is 492. The van der Waals surface area contributed by atoms with E-state index in [2.05, 4.69) is 25.7 Å². The Morgan fingerprint density at radius 3 is 3.07 bits per heavy atom. The van der Waals surface area contributed by atoms with E-state index in [1.807, 2.05) is 6.07 Å². The quantitative estimate of drug-likeness (QED) is 0.735. The maximum Gasteiger partial charge on any atom is 0.374 e. The van der Waals surface area contributed by atoms with Crippen LogP contribution in [0.25, 0.3) is 11.1 Å². The second-order valence-corrected chi connectivity index (χ2v) is 3.57. The fourth-order valence-electron chi connectivity index (χ4n) is 1.11. The van der Waals surface area contributed by atoms with Gasteiger partial charge in [0.05, 0.1) is 7.11 Å². The summed E-state index contributed by atoms with van der Waals surface area (Å²) in [6, 6.07) is 3.41. The van der Waals surface area contributed by atoms with E-state index >= 15 is 0 Å². The van der Waals surface area contributed by atoms with Crippen molar-refractivity contribution in [1.82, 2.24) is 4.98 Å². The van der Waals surface area contributed by atoms with Crippen LogP contribution in [0, 0.1) is 0 Å². The van der Waals surface area contributed by atoms with Crippen molar-refractivity contribution >= 4 is 33.0 Å². The Morgan fingerprint density at radius 2 is 2.36 bits per heavy atom. The molecule has 72 valence electrons. The molecule has 0 aromatic carbocycles. The number of ether oxygens (including phenoxy) is 1. The van der Waals surface area contributed by atoms with Crippen molar-refractivity contribution in [2.75, 3.05) is 7.11 Å². The highest BCUT2D eigenvalue weighted by Gasteiger charge is 2.12. The summed E-state index contributed by atoms with van der Waals surface area (Å²) in [6.07, 6.45) is 1.60. The van der Waals surface area contributed by atoms with Crippen LogP contribution in [-0.4, -0.2) is 18.1 Å². The molecule has 14 heavy (non-hydrogen) atoms. The number of fused-ring (bicyclic) bond motifs is 1. The molecule has 0 saturated heterocycles. The smallest absolute Gasteiger partial charge is 0.374 e. The lowest BCUT2D eigenvalue weighted by Gasteiger charge is -1.90. The average molecular weight is 256 g/mol. The van der Waals surface area contributed by atoms with Crippen LogP contribution in [0.1, 0.15) is 10.6 Å². The van der Waals surface area contributed by atoms with Crippen molar-refractivity contribution in [2.45, 2.75) is 0 Å². The molecule has 0 aliphatic carbocycles. The van der Waals surface area contributed by atoms with Crippen molar-refractivity contribution in [2.24, 2.45) is 0 Å². The molecule has 0 bridgehead atoms. The van der Waals surface area contributed by atoms with Crippen LogP contribution in [0.4, 0.5) is 0 Å². The van der Waals surface area contributed by atoms with E-state index < -0.39 is 5.97 Å². The summed E-state index contributed by atoms with van der Waals surface area (Å²) in [6.45, 7) is 0. The lowest BCUT2D eigenvalue weighted by Crippen LogP contribution is -1.97. The molecule has 0 saturated carbocycles. The second-order valence-electron chi connectivity index (χ2n) is 2.65. The van der Waals surface area contributed by atoms with E-state index in [1.54, 1.807) is 12.3 Å². The Kier molecular flexibility index (Phi) is 2.25. The first-order chi connectivity index (χ1) is 6.70. The van der Waals surface area contributed by atoms with E-state index in [1.165, 1.54) is 7.11 Å². The van der Waals surface area contributed by atoms with E-state index in [0.717, 1.165) is 9.86 Å². The SMILES string of the molecule is COC(=O)c1cc2cc(Br)cnc2o1. The number of esters is 1. The van der Waals surface area contributed by atoms with Crippen LogP contribution in [0.15, 0.2) is 27.2 Å². The summed E-state index contributed by atoms with van der Waals surface area (Å²) in [5, 5.41) is 0.764. The van der Waals surface area contributed by atoms with E-state index in [0.29, 0.717) is 5.71 Å². The monoisotopic (exact) mass is 255 g/mol. The van der Waals surface area contributed by atoms with E-state index in [-0.39, 0.29) is 5.76 Å². The summed E-state index contributed by atoms with van der Waals surface area (Å²) in [5.74, 6) is -0.341. The zero-order valence-electron chi connectivity index (χ0n) is 7.28. The fraction of sp³-hybridized carbons (Fsp3) is 0.111. The minimum Gasteiger partial charge on any atom is -0.463 e. The van der Waals surface area contributed by atoms with Crippen LogP contribution in [0.3, 0.4) is 0 Å². The summed E-state index contributed by atoms with van der Waals surface area (Å²) < 4.78 is 10.5. The summed E-state index contributed by atoms with van der Waals surface area (Å²) in [7, 11) is 1.30. The van der Waals surface area contributed by atoms with Gasteiger partial charge < -0.3 is 9.15 Å². The lowest BCUT2D eigenvalue weighted by molar-refractivity contribution is 0.0567.